The minimum Gasteiger partial charge on any atom is -0.325 e. The zero-order chi connectivity index (χ0) is 19.4. The number of nitrogens with zero attached hydrogens (tertiary/aromatic N) is 3. The molecule has 2 aromatic rings. The van der Waals surface area contributed by atoms with Crippen LogP contribution in [0, 0.1) is 13.8 Å². The summed E-state index contributed by atoms with van der Waals surface area (Å²) in [5.74, 6) is -0.471. The molecule has 140 valence electrons. The van der Waals surface area contributed by atoms with Gasteiger partial charge in [0.1, 0.15) is 0 Å². The van der Waals surface area contributed by atoms with E-state index in [1.165, 1.54) is 0 Å². The van der Waals surface area contributed by atoms with Crippen LogP contribution in [0.4, 0.5) is 11.4 Å². The molecule has 0 aliphatic carbocycles. The molecule has 0 saturated heterocycles. The van der Waals surface area contributed by atoms with Gasteiger partial charge >= 0.3 is 0 Å². The summed E-state index contributed by atoms with van der Waals surface area (Å²) >= 11 is 11.8. The van der Waals surface area contributed by atoms with Crippen LogP contribution < -0.4 is 10.6 Å². The van der Waals surface area contributed by atoms with Gasteiger partial charge in [0.05, 0.1) is 40.2 Å². The van der Waals surface area contributed by atoms with E-state index in [0.29, 0.717) is 21.4 Å². The lowest BCUT2D eigenvalue weighted by atomic mass is 10.3. The second kappa shape index (κ2) is 8.53. The second-order valence-corrected chi connectivity index (χ2v) is 6.88. The Hall–Kier alpha value is -2.09. The molecule has 0 aliphatic rings. The van der Waals surface area contributed by atoms with Crippen molar-refractivity contribution in [2.75, 3.05) is 30.8 Å². The average molecular weight is 398 g/mol. The lowest BCUT2D eigenvalue weighted by Gasteiger charge is -2.16. The molecule has 1 aromatic carbocycles. The summed E-state index contributed by atoms with van der Waals surface area (Å²) in [4.78, 5) is 25.9. The Morgan fingerprint density at radius 3 is 2.27 bits per heavy atom. The van der Waals surface area contributed by atoms with Crippen molar-refractivity contribution in [2.24, 2.45) is 7.05 Å². The maximum Gasteiger partial charge on any atom is 0.238 e. The molecular formula is C17H21Cl2N5O2. The Balaban J connectivity index is 1.87. The Morgan fingerprint density at radius 1 is 1.12 bits per heavy atom. The number of aromatic nitrogens is 2. The van der Waals surface area contributed by atoms with Crippen LogP contribution in [-0.2, 0) is 16.6 Å². The maximum absolute atomic E-state index is 12.2. The number of benzene rings is 1. The van der Waals surface area contributed by atoms with Crippen LogP contribution in [0.1, 0.15) is 11.4 Å². The van der Waals surface area contributed by atoms with E-state index in [-0.39, 0.29) is 24.9 Å². The Kier molecular flexibility index (Phi) is 6.63. The first kappa shape index (κ1) is 20.2. The fourth-order valence-electron chi connectivity index (χ4n) is 2.45. The number of hydrogen-bond donors (Lipinski definition) is 2. The SMILES string of the molecule is Cc1nn(C)c(C)c1NC(=O)CN(C)CC(=O)Nc1ccc(Cl)c(Cl)c1. The van der Waals surface area contributed by atoms with Gasteiger partial charge in [0.2, 0.25) is 11.8 Å². The van der Waals surface area contributed by atoms with E-state index in [2.05, 4.69) is 15.7 Å². The predicted octanol–water partition coefficient (Wildman–Crippen LogP) is 2.85. The fraction of sp³-hybridized carbons (Fsp3) is 0.353. The molecule has 0 unspecified atom stereocenters. The number of hydrogen-bond acceptors (Lipinski definition) is 4. The first-order chi connectivity index (χ1) is 12.2. The van der Waals surface area contributed by atoms with Crippen molar-refractivity contribution < 1.29 is 9.59 Å². The molecule has 0 radical (unpaired) electrons. The van der Waals surface area contributed by atoms with Crippen LogP contribution >= 0.6 is 23.2 Å². The van der Waals surface area contributed by atoms with Gasteiger partial charge in [-0.05, 0) is 39.1 Å². The van der Waals surface area contributed by atoms with Gasteiger partial charge in [-0.2, -0.15) is 5.10 Å². The third-order valence-corrected chi connectivity index (χ3v) is 4.54. The van der Waals surface area contributed by atoms with Crippen LogP contribution in [-0.4, -0.2) is 46.6 Å². The molecule has 9 heteroatoms. The van der Waals surface area contributed by atoms with Crippen molar-refractivity contribution in [1.82, 2.24) is 14.7 Å². The summed E-state index contributed by atoms with van der Waals surface area (Å²) in [6, 6.07) is 4.84. The molecule has 2 amide bonds. The van der Waals surface area contributed by atoms with Crippen molar-refractivity contribution in [3.63, 3.8) is 0 Å². The largest absolute Gasteiger partial charge is 0.325 e. The van der Waals surface area contributed by atoms with E-state index in [9.17, 15) is 9.59 Å². The molecule has 0 spiro atoms. The lowest BCUT2D eigenvalue weighted by molar-refractivity contribution is -0.119. The van der Waals surface area contributed by atoms with Crippen LogP contribution in [0.25, 0.3) is 0 Å². The Bertz CT molecular complexity index is 835. The molecule has 1 heterocycles. The number of carbonyl (C=O) groups excluding carboxylic acids is 2. The third-order valence-electron chi connectivity index (χ3n) is 3.80. The lowest BCUT2D eigenvalue weighted by Crippen LogP contribution is -2.36. The number of nitrogens with one attached hydrogen (secondary N) is 2. The zero-order valence-electron chi connectivity index (χ0n) is 15.1. The van der Waals surface area contributed by atoms with Gasteiger partial charge in [-0.1, -0.05) is 23.2 Å². The summed E-state index contributed by atoms with van der Waals surface area (Å²) in [6.07, 6.45) is 0. The van der Waals surface area contributed by atoms with Gasteiger partial charge in [-0.15, -0.1) is 0 Å². The van der Waals surface area contributed by atoms with Gasteiger partial charge in [0, 0.05) is 12.7 Å². The molecule has 26 heavy (non-hydrogen) atoms. The molecule has 0 aliphatic heterocycles. The molecular weight excluding hydrogens is 377 g/mol. The number of anilines is 2. The van der Waals surface area contributed by atoms with Gasteiger partial charge in [-0.25, -0.2) is 0 Å². The maximum atomic E-state index is 12.2. The normalized spacial score (nSPS) is 10.9. The Morgan fingerprint density at radius 2 is 1.73 bits per heavy atom. The molecule has 0 bridgehead atoms. The van der Waals surface area contributed by atoms with Crippen molar-refractivity contribution in [1.29, 1.82) is 0 Å². The number of carbonyl (C=O) groups is 2. The first-order valence-corrected chi connectivity index (χ1v) is 8.66. The van der Waals surface area contributed by atoms with Crippen molar-refractivity contribution >= 4 is 46.4 Å². The van der Waals surface area contributed by atoms with Crippen LogP contribution in [0.5, 0.6) is 0 Å². The quantitative estimate of drug-likeness (QED) is 0.785. The molecule has 1 aromatic heterocycles. The number of rotatable bonds is 6. The summed E-state index contributed by atoms with van der Waals surface area (Å²) in [6.45, 7) is 3.84. The van der Waals surface area contributed by atoms with Crippen LogP contribution in [0.15, 0.2) is 18.2 Å². The highest BCUT2D eigenvalue weighted by Crippen LogP contribution is 2.25. The van der Waals surface area contributed by atoms with E-state index in [0.717, 1.165) is 11.4 Å². The highest BCUT2D eigenvalue weighted by atomic mass is 35.5. The summed E-state index contributed by atoms with van der Waals surface area (Å²) in [5.41, 5.74) is 2.87. The molecule has 0 fully saturated rings. The first-order valence-electron chi connectivity index (χ1n) is 7.91. The van der Waals surface area contributed by atoms with Crippen molar-refractivity contribution in [2.45, 2.75) is 13.8 Å². The number of halogens is 2. The minimum atomic E-state index is -0.257. The Labute approximate surface area is 162 Å². The highest BCUT2D eigenvalue weighted by molar-refractivity contribution is 6.42. The third kappa shape index (κ3) is 5.20. The van der Waals surface area contributed by atoms with Gasteiger partial charge < -0.3 is 10.6 Å². The predicted molar refractivity (Wildman–Crippen MR) is 104 cm³/mol. The fourth-order valence-corrected chi connectivity index (χ4v) is 2.75. The topological polar surface area (TPSA) is 79.3 Å². The number of aryl methyl sites for hydroxylation is 2. The van der Waals surface area contributed by atoms with E-state index < -0.39 is 0 Å². The minimum absolute atomic E-state index is 0.0542. The molecule has 7 nitrogen and oxygen atoms in total. The zero-order valence-corrected chi connectivity index (χ0v) is 16.6. The summed E-state index contributed by atoms with van der Waals surface area (Å²) in [5, 5.41) is 10.6. The number of likely N-dealkylation sites (N-methyl/N-ethyl adjacent to an activating group) is 1. The molecule has 0 atom stereocenters. The second-order valence-electron chi connectivity index (χ2n) is 6.07. The average Bonchev–Trinajstić information content (AvgIpc) is 2.77. The van der Waals surface area contributed by atoms with E-state index >= 15 is 0 Å². The van der Waals surface area contributed by atoms with E-state index in [4.69, 9.17) is 23.2 Å². The number of amides is 2. The van der Waals surface area contributed by atoms with Gasteiger partial charge in [0.25, 0.3) is 0 Å². The standard InChI is InChI=1S/C17H21Cl2N5O2/c1-10-17(11(2)24(4)22-10)21-16(26)9-23(3)8-15(25)20-12-5-6-13(18)14(19)7-12/h5-7H,8-9H2,1-4H3,(H,20,25)(H,21,26). The van der Waals surface area contributed by atoms with Gasteiger partial charge in [-0.3, -0.25) is 19.2 Å². The van der Waals surface area contributed by atoms with E-state index in [1.54, 1.807) is 34.8 Å². The molecule has 0 saturated carbocycles. The van der Waals surface area contributed by atoms with Crippen molar-refractivity contribution in [3.05, 3.63) is 39.6 Å². The highest BCUT2D eigenvalue weighted by Gasteiger charge is 2.15. The summed E-state index contributed by atoms with van der Waals surface area (Å²) in [7, 11) is 3.51. The molecule has 2 rings (SSSR count). The van der Waals surface area contributed by atoms with E-state index in [1.807, 2.05) is 20.9 Å². The van der Waals surface area contributed by atoms with Gasteiger partial charge in [0.15, 0.2) is 0 Å². The smallest absolute Gasteiger partial charge is 0.238 e. The van der Waals surface area contributed by atoms with Crippen molar-refractivity contribution in [3.8, 4) is 0 Å². The summed E-state index contributed by atoms with van der Waals surface area (Å²) < 4.78 is 1.71. The van der Waals surface area contributed by atoms with Crippen LogP contribution in [0.3, 0.4) is 0 Å². The van der Waals surface area contributed by atoms with Crippen LogP contribution in [0.2, 0.25) is 10.0 Å². The monoisotopic (exact) mass is 397 g/mol. The molecule has 2 N–H and O–H groups in total.